The first kappa shape index (κ1) is 19.2. The number of aliphatic imine (C=N–C) groups is 1. The Balaban J connectivity index is 1.22. The molecular weight excluding hydrogens is 369 g/mol. The van der Waals surface area contributed by atoms with E-state index in [1.165, 1.54) is 6.07 Å². The summed E-state index contributed by atoms with van der Waals surface area (Å²) in [5.74, 6) is 1.91. The molecule has 3 aromatic rings. The number of nitrogens with one attached hydrogen (secondary N) is 3. The number of benzene rings is 1. The van der Waals surface area contributed by atoms with Crippen LogP contribution < -0.4 is 15.5 Å². The van der Waals surface area contributed by atoms with E-state index in [0.717, 1.165) is 55.2 Å². The van der Waals surface area contributed by atoms with Crippen molar-refractivity contribution < 1.29 is 4.39 Å². The van der Waals surface area contributed by atoms with Crippen molar-refractivity contribution in [2.75, 3.05) is 31.6 Å². The molecule has 1 unspecified atom stereocenters. The van der Waals surface area contributed by atoms with Crippen LogP contribution >= 0.6 is 0 Å². The third-order valence-electron chi connectivity index (χ3n) is 5.11. The second kappa shape index (κ2) is 8.89. The van der Waals surface area contributed by atoms with Crippen LogP contribution in [0.5, 0.6) is 0 Å². The van der Waals surface area contributed by atoms with Crippen LogP contribution in [0.15, 0.2) is 47.6 Å². The summed E-state index contributed by atoms with van der Waals surface area (Å²) in [6.07, 6.45) is 4.35. The number of pyridine rings is 1. The van der Waals surface area contributed by atoms with Gasteiger partial charge < -0.3 is 20.5 Å². The normalized spacial score (nSPS) is 17.1. The molecule has 0 amide bonds. The van der Waals surface area contributed by atoms with Crippen molar-refractivity contribution in [3.05, 3.63) is 54.2 Å². The molecule has 1 atom stereocenters. The van der Waals surface area contributed by atoms with Crippen molar-refractivity contribution in [3.8, 4) is 0 Å². The van der Waals surface area contributed by atoms with Gasteiger partial charge in [-0.3, -0.25) is 4.99 Å². The van der Waals surface area contributed by atoms with Crippen LogP contribution in [-0.2, 0) is 6.42 Å². The van der Waals surface area contributed by atoms with Crippen molar-refractivity contribution in [3.63, 3.8) is 0 Å². The van der Waals surface area contributed by atoms with Crippen LogP contribution in [0.2, 0.25) is 0 Å². The van der Waals surface area contributed by atoms with Gasteiger partial charge in [0.05, 0.1) is 11.0 Å². The Morgan fingerprint density at radius 2 is 2.21 bits per heavy atom. The number of H-pyrrole nitrogens is 1. The van der Waals surface area contributed by atoms with E-state index in [1.54, 1.807) is 19.3 Å². The predicted octanol–water partition coefficient (Wildman–Crippen LogP) is 2.47. The molecule has 29 heavy (non-hydrogen) atoms. The zero-order valence-electron chi connectivity index (χ0n) is 16.5. The maximum absolute atomic E-state index is 13.9. The average Bonchev–Trinajstić information content (AvgIpc) is 3.37. The summed E-state index contributed by atoms with van der Waals surface area (Å²) in [6, 6.07) is 11.3. The second-order valence-corrected chi connectivity index (χ2v) is 7.19. The van der Waals surface area contributed by atoms with Gasteiger partial charge in [0.2, 0.25) is 0 Å². The van der Waals surface area contributed by atoms with E-state index in [-0.39, 0.29) is 11.9 Å². The zero-order valence-corrected chi connectivity index (χ0v) is 16.5. The molecular formula is C21H26FN7. The highest BCUT2D eigenvalue weighted by Crippen LogP contribution is 2.20. The molecule has 0 bridgehead atoms. The van der Waals surface area contributed by atoms with Crippen LogP contribution in [0.3, 0.4) is 0 Å². The Morgan fingerprint density at radius 1 is 1.31 bits per heavy atom. The smallest absolute Gasteiger partial charge is 0.191 e. The Kier molecular flexibility index (Phi) is 5.88. The Bertz CT molecular complexity index is 951. The van der Waals surface area contributed by atoms with Gasteiger partial charge in [-0.05, 0) is 37.1 Å². The molecule has 3 N–H and O–H groups in total. The van der Waals surface area contributed by atoms with Crippen LogP contribution in [-0.4, -0.2) is 53.6 Å². The van der Waals surface area contributed by atoms with E-state index in [1.807, 2.05) is 29.2 Å². The largest absolute Gasteiger partial charge is 0.356 e. The third-order valence-corrected chi connectivity index (χ3v) is 5.11. The van der Waals surface area contributed by atoms with Gasteiger partial charge in [-0.15, -0.1) is 0 Å². The maximum atomic E-state index is 13.9. The minimum absolute atomic E-state index is 0.206. The lowest BCUT2D eigenvalue weighted by Gasteiger charge is -2.19. The van der Waals surface area contributed by atoms with Gasteiger partial charge in [0.1, 0.15) is 5.82 Å². The molecule has 1 aliphatic heterocycles. The van der Waals surface area contributed by atoms with E-state index >= 15 is 0 Å². The zero-order chi connectivity index (χ0) is 20.1. The molecule has 152 valence electrons. The first-order valence-electron chi connectivity index (χ1n) is 9.99. The summed E-state index contributed by atoms with van der Waals surface area (Å²) in [5.41, 5.74) is 2.08. The topological polar surface area (TPSA) is 81.2 Å². The number of guanidine groups is 1. The molecule has 1 aromatic carbocycles. The quantitative estimate of drug-likeness (QED) is 0.339. The summed E-state index contributed by atoms with van der Waals surface area (Å²) in [6.45, 7) is 2.27. The summed E-state index contributed by atoms with van der Waals surface area (Å²) in [4.78, 5) is 18.4. The minimum Gasteiger partial charge on any atom is -0.356 e. The highest BCUT2D eigenvalue weighted by molar-refractivity contribution is 5.80. The lowest BCUT2D eigenvalue weighted by molar-refractivity contribution is 0.612. The monoisotopic (exact) mass is 395 g/mol. The lowest BCUT2D eigenvalue weighted by Crippen LogP contribution is -2.45. The number of rotatable bonds is 6. The minimum atomic E-state index is -0.277. The van der Waals surface area contributed by atoms with Crippen molar-refractivity contribution in [1.29, 1.82) is 0 Å². The molecule has 1 fully saturated rings. The summed E-state index contributed by atoms with van der Waals surface area (Å²) >= 11 is 0. The fraction of sp³-hybridized carbons (Fsp3) is 0.381. The van der Waals surface area contributed by atoms with Gasteiger partial charge in [-0.1, -0.05) is 12.1 Å². The number of aryl methyl sites for hydroxylation is 1. The summed E-state index contributed by atoms with van der Waals surface area (Å²) in [5, 5.41) is 6.78. The molecule has 8 heteroatoms. The maximum Gasteiger partial charge on any atom is 0.191 e. The first-order chi connectivity index (χ1) is 14.2. The van der Waals surface area contributed by atoms with E-state index in [0.29, 0.717) is 12.4 Å². The van der Waals surface area contributed by atoms with E-state index in [2.05, 4.69) is 30.6 Å². The van der Waals surface area contributed by atoms with Crippen molar-refractivity contribution >= 4 is 22.8 Å². The van der Waals surface area contributed by atoms with Crippen molar-refractivity contribution in [2.24, 2.45) is 4.99 Å². The SMILES string of the molecule is CN=C(NCCCc1nc2ccccc2[nH]1)NC1CCN(c2ncccc2F)C1. The van der Waals surface area contributed by atoms with Crippen LogP contribution in [0.1, 0.15) is 18.7 Å². The van der Waals surface area contributed by atoms with Crippen molar-refractivity contribution in [1.82, 2.24) is 25.6 Å². The van der Waals surface area contributed by atoms with Crippen molar-refractivity contribution in [2.45, 2.75) is 25.3 Å². The molecule has 4 rings (SSSR count). The molecule has 7 nitrogen and oxygen atoms in total. The number of aromatic amines is 1. The third kappa shape index (κ3) is 4.64. The Hall–Kier alpha value is -3.16. The number of fused-ring (bicyclic) bond motifs is 1. The number of nitrogens with zero attached hydrogens (tertiary/aromatic N) is 4. The number of aromatic nitrogens is 3. The Labute approximate surface area is 169 Å². The predicted molar refractivity (Wildman–Crippen MR) is 114 cm³/mol. The van der Waals surface area contributed by atoms with Gasteiger partial charge in [0.25, 0.3) is 0 Å². The average molecular weight is 395 g/mol. The van der Waals surface area contributed by atoms with Gasteiger partial charge in [-0.2, -0.15) is 0 Å². The standard InChI is InChI=1S/C21H26FN7/c1-23-21(25-12-5-9-19-27-17-7-2-3-8-18(17)28-19)26-15-10-13-29(14-15)20-16(22)6-4-11-24-20/h2-4,6-8,11,15H,5,9-10,12-14H2,1H3,(H,27,28)(H2,23,25,26). The molecule has 0 radical (unpaired) electrons. The summed E-state index contributed by atoms with van der Waals surface area (Å²) in [7, 11) is 1.76. The molecule has 0 aliphatic carbocycles. The number of para-hydroxylation sites is 2. The van der Waals surface area contributed by atoms with Crippen LogP contribution in [0, 0.1) is 5.82 Å². The van der Waals surface area contributed by atoms with Gasteiger partial charge >= 0.3 is 0 Å². The van der Waals surface area contributed by atoms with E-state index < -0.39 is 0 Å². The molecule has 0 saturated carbocycles. The number of halogens is 1. The van der Waals surface area contributed by atoms with Crippen LogP contribution in [0.25, 0.3) is 11.0 Å². The highest BCUT2D eigenvalue weighted by atomic mass is 19.1. The van der Waals surface area contributed by atoms with Gasteiger partial charge in [0, 0.05) is 45.3 Å². The fourth-order valence-electron chi connectivity index (χ4n) is 3.66. The molecule has 0 spiro atoms. The van der Waals surface area contributed by atoms with Gasteiger partial charge in [-0.25, -0.2) is 14.4 Å². The highest BCUT2D eigenvalue weighted by Gasteiger charge is 2.25. The van der Waals surface area contributed by atoms with E-state index in [9.17, 15) is 4.39 Å². The molecule has 3 heterocycles. The number of hydrogen-bond donors (Lipinski definition) is 3. The summed E-state index contributed by atoms with van der Waals surface area (Å²) < 4.78 is 13.9. The number of hydrogen-bond acceptors (Lipinski definition) is 4. The Morgan fingerprint density at radius 3 is 3.03 bits per heavy atom. The van der Waals surface area contributed by atoms with Gasteiger partial charge in [0.15, 0.2) is 17.6 Å². The number of imidazole rings is 1. The molecule has 2 aromatic heterocycles. The fourth-order valence-corrected chi connectivity index (χ4v) is 3.66. The van der Waals surface area contributed by atoms with E-state index in [4.69, 9.17) is 0 Å². The molecule has 1 aliphatic rings. The molecule has 1 saturated heterocycles. The first-order valence-corrected chi connectivity index (χ1v) is 9.99. The van der Waals surface area contributed by atoms with Crippen LogP contribution in [0.4, 0.5) is 10.2 Å². The second-order valence-electron chi connectivity index (χ2n) is 7.19. The number of anilines is 1. The lowest BCUT2D eigenvalue weighted by atomic mass is 10.2.